The molecule has 0 aliphatic heterocycles. The predicted molar refractivity (Wildman–Crippen MR) is 98.7 cm³/mol. The number of anilines is 3. The Morgan fingerprint density at radius 1 is 0.885 bits per heavy atom. The van der Waals surface area contributed by atoms with Gasteiger partial charge in [-0.1, -0.05) is 18.2 Å². The Morgan fingerprint density at radius 3 is 2.31 bits per heavy atom. The van der Waals surface area contributed by atoms with Gasteiger partial charge in [0.25, 0.3) is 0 Å². The summed E-state index contributed by atoms with van der Waals surface area (Å²) in [7, 11) is 3.94. The van der Waals surface area contributed by atoms with Crippen LogP contribution in [0.4, 0.5) is 30.4 Å². The molecule has 0 amide bonds. The standard InChI is InChI=1S/C20H18F3N3/c1-26(2)18-8-3-5-14(11-18)15-9-10-19(24-13-15)25-17-7-4-6-16(12-17)20(21,22)23/h3-13H,1-2H3,(H,24,25). The monoisotopic (exact) mass is 357 g/mol. The summed E-state index contributed by atoms with van der Waals surface area (Å²) in [4.78, 5) is 6.33. The van der Waals surface area contributed by atoms with E-state index in [2.05, 4.69) is 16.4 Å². The van der Waals surface area contributed by atoms with Crippen LogP contribution in [0.2, 0.25) is 0 Å². The molecule has 0 aliphatic carbocycles. The van der Waals surface area contributed by atoms with Crippen LogP contribution in [0.5, 0.6) is 0 Å². The summed E-state index contributed by atoms with van der Waals surface area (Å²) in [6, 6.07) is 16.7. The van der Waals surface area contributed by atoms with Gasteiger partial charge in [-0.2, -0.15) is 13.2 Å². The van der Waals surface area contributed by atoms with Crippen LogP contribution in [0.1, 0.15) is 5.56 Å². The first-order chi connectivity index (χ1) is 12.3. The zero-order valence-corrected chi connectivity index (χ0v) is 14.4. The van der Waals surface area contributed by atoms with Gasteiger partial charge in [-0.05, 0) is 48.0 Å². The van der Waals surface area contributed by atoms with E-state index in [1.165, 1.54) is 6.07 Å². The van der Waals surface area contributed by atoms with Crippen molar-refractivity contribution in [1.82, 2.24) is 4.98 Å². The number of hydrogen-bond acceptors (Lipinski definition) is 3. The van der Waals surface area contributed by atoms with Crippen molar-refractivity contribution in [2.75, 3.05) is 24.3 Å². The molecule has 134 valence electrons. The average molecular weight is 357 g/mol. The lowest BCUT2D eigenvalue weighted by molar-refractivity contribution is -0.137. The van der Waals surface area contributed by atoms with Crippen LogP contribution in [0.15, 0.2) is 66.9 Å². The summed E-state index contributed by atoms with van der Waals surface area (Å²) in [5.41, 5.74) is 2.68. The number of halogens is 3. The highest BCUT2D eigenvalue weighted by molar-refractivity contribution is 5.69. The molecule has 0 radical (unpaired) electrons. The van der Waals surface area contributed by atoms with E-state index < -0.39 is 11.7 Å². The highest BCUT2D eigenvalue weighted by atomic mass is 19.4. The zero-order chi connectivity index (χ0) is 18.7. The number of pyridine rings is 1. The number of rotatable bonds is 4. The molecule has 3 nitrogen and oxygen atoms in total. The molecule has 1 heterocycles. The van der Waals surface area contributed by atoms with Gasteiger partial charge >= 0.3 is 6.18 Å². The topological polar surface area (TPSA) is 28.2 Å². The molecule has 0 saturated carbocycles. The molecule has 0 saturated heterocycles. The van der Waals surface area contributed by atoms with Crippen LogP contribution in [-0.4, -0.2) is 19.1 Å². The van der Waals surface area contributed by atoms with Gasteiger partial charge < -0.3 is 10.2 Å². The Balaban J connectivity index is 1.79. The first-order valence-corrected chi connectivity index (χ1v) is 8.01. The van der Waals surface area contributed by atoms with E-state index in [9.17, 15) is 13.2 Å². The van der Waals surface area contributed by atoms with Crippen molar-refractivity contribution in [3.8, 4) is 11.1 Å². The molecule has 0 bridgehead atoms. The van der Waals surface area contributed by atoms with E-state index in [4.69, 9.17) is 0 Å². The predicted octanol–water partition coefficient (Wildman–Crippen LogP) is 5.58. The van der Waals surface area contributed by atoms with Gasteiger partial charge in [0, 0.05) is 37.2 Å². The normalized spacial score (nSPS) is 11.3. The molecule has 1 N–H and O–H groups in total. The highest BCUT2D eigenvalue weighted by Gasteiger charge is 2.30. The SMILES string of the molecule is CN(C)c1cccc(-c2ccc(Nc3cccc(C(F)(F)F)c3)nc2)c1. The Labute approximate surface area is 150 Å². The maximum atomic E-state index is 12.8. The number of benzene rings is 2. The summed E-state index contributed by atoms with van der Waals surface area (Å²) in [5, 5.41) is 2.91. The maximum absolute atomic E-state index is 12.8. The smallest absolute Gasteiger partial charge is 0.378 e. The minimum absolute atomic E-state index is 0.342. The maximum Gasteiger partial charge on any atom is 0.416 e. The fourth-order valence-electron chi connectivity index (χ4n) is 2.52. The largest absolute Gasteiger partial charge is 0.416 e. The van der Waals surface area contributed by atoms with Gasteiger partial charge in [-0.3, -0.25) is 0 Å². The third-order valence-corrected chi connectivity index (χ3v) is 3.92. The molecule has 3 aromatic rings. The van der Waals surface area contributed by atoms with Gasteiger partial charge in [0.15, 0.2) is 0 Å². The van der Waals surface area contributed by atoms with E-state index in [-0.39, 0.29) is 0 Å². The first kappa shape index (κ1) is 17.8. The quantitative estimate of drug-likeness (QED) is 0.661. The summed E-state index contributed by atoms with van der Waals surface area (Å²) in [6.07, 6.45) is -2.67. The summed E-state index contributed by atoms with van der Waals surface area (Å²) in [5.74, 6) is 0.483. The summed E-state index contributed by atoms with van der Waals surface area (Å²) in [6.45, 7) is 0. The fourth-order valence-corrected chi connectivity index (χ4v) is 2.52. The number of nitrogens with zero attached hydrogens (tertiary/aromatic N) is 2. The third kappa shape index (κ3) is 4.14. The molecule has 0 unspecified atom stereocenters. The average Bonchev–Trinajstić information content (AvgIpc) is 2.62. The molecular formula is C20H18F3N3. The minimum atomic E-state index is -4.37. The number of hydrogen-bond donors (Lipinski definition) is 1. The van der Waals surface area contributed by atoms with E-state index in [0.717, 1.165) is 28.9 Å². The Bertz CT molecular complexity index is 887. The molecular weight excluding hydrogens is 339 g/mol. The molecule has 26 heavy (non-hydrogen) atoms. The molecule has 0 spiro atoms. The Morgan fingerprint density at radius 2 is 1.65 bits per heavy atom. The Kier molecular flexibility index (Phi) is 4.84. The van der Waals surface area contributed by atoms with Crippen molar-refractivity contribution >= 4 is 17.2 Å². The molecule has 0 fully saturated rings. The van der Waals surface area contributed by atoms with Crippen molar-refractivity contribution in [2.45, 2.75) is 6.18 Å². The zero-order valence-electron chi connectivity index (χ0n) is 14.4. The molecule has 2 aromatic carbocycles. The first-order valence-electron chi connectivity index (χ1n) is 8.01. The van der Waals surface area contributed by atoms with Crippen molar-refractivity contribution < 1.29 is 13.2 Å². The molecule has 1 aromatic heterocycles. The third-order valence-electron chi connectivity index (χ3n) is 3.92. The van der Waals surface area contributed by atoms with Crippen LogP contribution >= 0.6 is 0 Å². The highest BCUT2D eigenvalue weighted by Crippen LogP contribution is 2.31. The van der Waals surface area contributed by atoms with Crippen molar-refractivity contribution in [1.29, 1.82) is 0 Å². The van der Waals surface area contributed by atoms with Crippen LogP contribution in [0.25, 0.3) is 11.1 Å². The molecule has 0 aliphatic rings. The Hall–Kier alpha value is -3.02. The van der Waals surface area contributed by atoms with E-state index >= 15 is 0 Å². The molecule has 0 atom stereocenters. The van der Waals surface area contributed by atoms with Gasteiger partial charge in [-0.15, -0.1) is 0 Å². The number of alkyl halides is 3. The van der Waals surface area contributed by atoms with E-state index in [1.807, 2.05) is 43.3 Å². The fraction of sp³-hybridized carbons (Fsp3) is 0.150. The number of nitrogens with one attached hydrogen (secondary N) is 1. The van der Waals surface area contributed by atoms with Gasteiger partial charge in [0.05, 0.1) is 5.56 Å². The van der Waals surface area contributed by atoms with Crippen molar-refractivity contribution in [3.05, 3.63) is 72.4 Å². The summed E-state index contributed by atoms with van der Waals surface area (Å²) >= 11 is 0. The second-order valence-electron chi connectivity index (χ2n) is 6.08. The van der Waals surface area contributed by atoms with Crippen molar-refractivity contribution in [2.24, 2.45) is 0 Å². The lowest BCUT2D eigenvalue weighted by Crippen LogP contribution is -2.08. The van der Waals surface area contributed by atoms with Crippen LogP contribution in [-0.2, 0) is 6.18 Å². The van der Waals surface area contributed by atoms with E-state index in [1.54, 1.807) is 18.3 Å². The minimum Gasteiger partial charge on any atom is -0.378 e. The van der Waals surface area contributed by atoms with Crippen LogP contribution in [0, 0.1) is 0 Å². The van der Waals surface area contributed by atoms with Gasteiger partial charge in [0.2, 0.25) is 0 Å². The van der Waals surface area contributed by atoms with E-state index in [0.29, 0.717) is 11.5 Å². The second-order valence-corrected chi connectivity index (χ2v) is 6.08. The second kappa shape index (κ2) is 7.07. The lowest BCUT2D eigenvalue weighted by atomic mass is 10.1. The van der Waals surface area contributed by atoms with Crippen LogP contribution < -0.4 is 10.2 Å². The van der Waals surface area contributed by atoms with Gasteiger partial charge in [-0.25, -0.2) is 4.98 Å². The number of aromatic nitrogens is 1. The van der Waals surface area contributed by atoms with Crippen molar-refractivity contribution in [3.63, 3.8) is 0 Å². The summed E-state index contributed by atoms with van der Waals surface area (Å²) < 4.78 is 38.4. The van der Waals surface area contributed by atoms with Crippen LogP contribution in [0.3, 0.4) is 0 Å². The van der Waals surface area contributed by atoms with Gasteiger partial charge in [0.1, 0.15) is 5.82 Å². The lowest BCUT2D eigenvalue weighted by Gasteiger charge is -2.14. The molecule has 3 rings (SSSR count). The molecule has 6 heteroatoms.